The summed E-state index contributed by atoms with van der Waals surface area (Å²) < 4.78 is 5.68. The monoisotopic (exact) mass is 295 g/mol. The summed E-state index contributed by atoms with van der Waals surface area (Å²) in [6, 6.07) is 16.9. The van der Waals surface area contributed by atoms with Crippen molar-refractivity contribution in [1.29, 1.82) is 5.26 Å². The minimum Gasteiger partial charge on any atom is -0.416 e. The first-order valence-corrected chi connectivity index (χ1v) is 6.70. The van der Waals surface area contributed by atoms with Crippen molar-refractivity contribution in [1.82, 2.24) is 10.2 Å². The highest BCUT2D eigenvalue weighted by Gasteiger charge is 2.11. The summed E-state index contributed by atoms with van der Waals surface area (Å²) in [6.45, 7) is 0. The third-order valence-electron chi connectivity index (χ3n) is 2.95. The lowest BCUT2D eigenvalue weighted by Gasteiger charge is -1.98. The van der Waals surface area contributed by atoms with E-state index in [4.69, 9.17) is 21.3 Å². The zero-order chi connectivity index (χ0) is 14.7. The first-order chi connectivity index (χ1) is 10.3. The van der Waals surface area contributed by atoms with E-state index in [9.17, 15) is 0 Å². The van der Waals surface area contributed by atoms with Crippen LogP contribution in [0.25, 0.3) is 22.9 Å². The van der Waals surface area contributed by atoms with Crippen LogP contribution in [0.5, 0.6) is 0 Å². The van der Waals surface area contributed by atoms with Crippen LogP contribution in [-0.4, -0.2) is 10.2 Å². The van der Waals surface area contributed by atoms with Crippen LogP contribution in [0, 0.1) is 11.3 Å². The normalized spacial score (nSPS) is 10.3. The van der Waals surface area contributed by atoms with E-state index in [2.05, 4.69) is 16.3 Å². The number of aromatic nitrogens is 2. The number of halogens is 1. The summed E-state index contributed by atoms with van der Waals surface area (Å²) in [6.07, 6.45) is 0.350. The summed E-state index contributed by atoms with van der Waals surface area (Å²) in [4.78, 5) is 0. The minimum absolute atomic E-state index is 0.350. The van der Waals surface area contributed by atoms with Gasteiger partial charge in [-0.2, -0.15) is 5.26 Å². The third kappa shape index (κ3) is 2.93. The van der Waals surface area contributed by atoms with Crippen LogP contribution in [0.2, 0.25) is 5.02 Å². The number of hydrogen-bond acceptors (Lipinski definition) is 4. The fourth-order valence-corrected chi connectivity index (χ4v) is 2.17. The average Bonchev–Trinajstić information content (AvgIpc) is 2.98. The summed E-state index contributed by atoms with van der Waals surface area (Å²) in [5, 5.41) is 17.5. The van der Waals surface area contributed by atoms with Gasteiger partial charge in [0.2, 0.25) is 11.8 Å². The maximum atomic E-state index is 8.75. The molecule has 0 saturated carbocycles. The van der Waals surface area contributed by atoms with Crippen molar-refractivity contribution in [2.75, 3.05) is 0 Å². The standard InChI is InChI=1S/C16H10ClN3O/c17-14-6-2-5-13(10-14)16-20-19-15(21-16)12-4-1-3-11(9-12)7-8-18/h1-6,9-10H,7H2. The molecular formula is C16H10ClN3O. The van der Waals surface area contributed by atoms with Gasteiger partial charge < -0.3 is 4.42 Å². The maximum absolute atomic E-state index is 8.75. The van der Waals surface area contributed by atoms with Gasteiger partial charge in [0.05, 0.1) is 12.5 Å². The molecule has 0 N–H and O–H groups in total. The van der Waals surface area contributed by atoms with Gasteiger partial charge >= 0.3 is 0 Å². The van der Waals surface area contributed by atoms with Gasteiger partial charge in [0, 0.05) is 16.1 Å². The van der Waals surface area contributed by atoms with Crippen LogP contribution >= 0.6 is 11.6 Å². The second-order valence-electron chi connectivity index (χ2n) is 4.46. The van der Waals surface area contributed by atoms with Crippen LogP contribution in [0.4, 0.5) is 0 Å². The zero-order valence-corrected chi connectivity index (χ0v) is 11.7. The van der Waals surface area contributed by atoms with E-state index in [1.54, 1.807) is 12.1 Å². The number of nitrogens with zero attached hydrogens (tertiary/aromatic N) is 3. The molecular weight excluding hydrogens is 286 g/mol. The van der Waals surface area contributed by atoms with Crippen molar-refractivity contribution in [2.45, 2.75) is 6.42 Å². The summed E-state index contributed by atoms with van der Waals surface area (Å²) in [7, 11) is 0. The highest BCUT2D eigenvalue weighted by Crippen LogP contribution is 2.26. The summed E-state index contributed by atoms with van der Waals surface area (Å²) in [5.41, 5.74) is 2.48. The predicted molar refractivity (Wildman–Crippen MR) is 79.5 cm³/mol. The van der Waals surface area contributed by atoms with Crippen molar-refractivity contribution >= 4 is 11.6 Å². The molecule has 4 nitrogen and oxygen atoms in total. The maximum Gasteiger partial charge on any atom is 0.248 e. The van der Waals surface area contributed by atoms with Crippen molar-refractivity contribution in [2.24, 2.45) is 0 Å². The largest absolute Gasteiger partial charge is 0.416 e. The van der Waals surface area contributed by atoms with Gasteiger partial charge in [0.25, 0.3) is 0 Å². The Bertz CT molecular complexity index is 820. The van der Waals surface area contributed by atoms with Crippen molar-refractivity contribution in [3.05, 3.63) is 59.1 Å². The van der Waals surface area contributed by atoms with Crippen LogP contribution < -0.4 is 0 Å². The molecule has 2 aromatic carbocycles. The lowest BCUT2D eigenvalue weighted by atomic mass is 10.1. The Hall–Kier alpha value is -2.64. The second-order valence-corrected chi connectivity index (χ2v) is 4.89. The van der Waals surface area contributed by atoms with Crippen LogP contribution in [0.15, 0.2) is 52.9 Å². The Kier molecular flexibility index (Phi) is 3.67. The molecule has 1 heterocycles. The van der Waals surface area contributed by atoms with Crippen LogP contribution in [0.1, 0.15) is 5.56 Å². The van der Waals surface area contributed by atoms with Gasteiger partial charge in [0.1, 0.15) is 0 Å². The Balaban J connectivity index is 1.95. The van der Waals surface area contributed by atoms with E-state index < -0.39 is 0 Å². The number of benzene rings is 2. The number of hydrogen-bond donors (Lipinski definition) is 0. The fraction of sp³-hybridized carbons (Fsp3) is 0.0625. The molecule has 3 aromatic rings. The molecule has 0 saturated heterocycles. The highest BCUT2D eigenvalue weighted by atomic mass is 35.5. The minimum atomic E-state index is 0.350. The second kappa shape index (κ2) is 5.78. The molecule has 0 radical (unpaired) electrons. The lowest BCUT2D eigenvalue weighted by Crippen LogP contribution is -1.83. The van der Waals surface area contributed by atoms with Gasteiger partial charge in [-0.1, -0.05) is 29.8 Å². The molecule has 0 aliphatic heterocycles. The van der Waals surface area contributed by atoms with Gasteiger partial charge in [0.15, 0.2) is 0 Å². The van der Waals surface area contributed by atoms with E-state index in [0.29, 0.717) is 23.2 Å². The molecule has 21 heavy (non-hydrogen) atoms. The lowest BCUT2D eigenvalue weighted by molar-refractivity contribution is 0.584. The van der Waals surface area contributed by atoms with Gasteiger partial charge in [-0.25, -0.2) is 0 Å². The topological polar surface area (TPSA) is 62.7 Å². The number of nitriles is 1. The van der Waals surface area contributed by atoms with Gasteiger partial charge in [-0.05, 0) is 35.9 Å². The van der Waals surface area contributed by atoms with Crippen LogP contribution in [-0.2, 0) is 6.42 Å². The third-order valence-corrected chi connectivity index (χ3v) is 3.19. The molecule has 0 spiro atoms. The van der Waals surface area contributed by atoms with E-state index in [0.717, 1.165) is 16.7 Å². The van der Waals surface area contributed by atoms with Crippen molar-refractivity contribution in [3.8, 4) is 29.0 Å². The first kappa shape index (κ1) is 13.3. The Morgan fingerprint density at radius 1 is 1.00 bits per heavy atom. The molecule has 0 atom stereocenters. The SMILES string of the molecule is N#CCc1cccc(-c2nnc(-c3cccc(Cl)c3)o2)c1. The zero-order valence-electron chi connectivity index (χ0n) is 11.0. The molecule has 0 aliphatic rings. The average molecular weight is 296 g/mol. The predicted octanol–water partition coefficient (Wildman–Crippen LogP) is 4.12. The summed E-state index contributed by atoms with van der Waals surface area (Å²) in [5.74, 6) is 0.836. The highest BCUT2D eigenvalue weighted by molar-refractivity contribution is 6.30. The molecule has 1 aromatic heterocycles. The van der Waals surface area contributed by atoms with E-state index in [1.165, 1.54) is 0 Å². The molecule has 3 rings (SSSR count). The fourth-order valence-electron chi connectivity index (χ4n) is 1.98. The number of rotatable bonds is 3. The molecule has 0 aliphatic carbocycles. The van der Waals surface area contributed by atoms with E-state index in [1.807, 2.05) is 36.4 Å². The molecule has 5 heteroatoms. The van der Waals surface area contributed by atoms with Crippen molar-refractivity contribution < 1.29 is 4.42 Å². The van der Waals surface area contributed by atoms with E-state index in [-0.39, 0.29) is 0 Å². The van der Waals surface area contributed by atoms with E-state index >= 15 is 0 Å². The molecule has 0 fully saturated rings. The Morgan fingerprint density at radius 2 is 1.67 bits per heavy atom. The molecule has 0 unspecified atom stereocenters. The van der Waals surface area contributed by atoms with Gasteiger partial charge in [-0.3, -0.25) is 0 Å². The quantitative estimate of drug-likeness (QED) is 0.729. The Labute approximate surface area is 126 Å². The molecule has 102 valence electrons. The summed E-state index contributed by atoms with van der Waals surface area (Å²) >= 11 is 5.95. The van der Waals surface area contributed by atoms with Crippen LogP contribution in [0.3, 0.4) is 0 Å². The Morgan fingerprint density at radius 3 is 2.33 bits per heavy atom. The molecule has 0 bridgehead atoms. The smallest absolute Gasteiger partial charge is 0.248 e. The first-order valence-electron chi connectivity index (χ1n) is 6.32. The van der Waals surface area contributed by atoms with Crippen molar-refractivity contribution in [3.63, 3.8) is 0 Å². The molecule has 0 amide bonds. The van der Waals surface area contributed by atoms with Gasteiger partial charge in [-0.15, -0.1) is 10.2 Å².